The lowest BCUT2D eigenvalue weighted by atomic mass is 9.96. The quantitative estimate of drug-likeness (QED) is 0.793. The normalized spacial score (nSPS) is 16.5. The monoisotopic (exact) mass is 283 g/mol. The Morgan fingerprint density at radius 1 is 1.40 bits per heavy atom. The summed E-state index contributed by atoms with van der Waals surface area (Å²) in [6, 6.07) is 6.43. The summed E-state index contributed by atoms with van der Waals surface area (Å²) in [6.07, 6.45) is -1.04. The minimum atomic E-state index is -2.45. The molecule has 1 fully saturated rings. The van der Waals surface area contributed by atoms with Crippen molar-refractivity contribution in [1.82, 2.24) is 0 Å². The van der Waals surface area contributed by atoms with Crippen LogP contribution in [-0.2, 0) is 9.53 Å². The standard InChI is InChI=1S/C15H19F2NO2/c1-2-20-15(19)11-6-8-18(9-7-11)13-5-3-4-12(10-13)14(16)17/h3-5,10-11,14H,2,6-9H2,1H3. The van der Waals surface area contributed by atoms with Gasteiger partial charge in [0, 0.05) is 24.3 Å². The number of anilines is 1. The van der Waals surface area contributed by atoms with E-state index in [2.05, 4.69) is 0 Å². The Labute approximate surface area is 117 Å². The van der Waals surface area contributed by atoms with Crippen LogP contribution in [0.25, 0.3) is 0 Å². The molecule has 5 heteroatoms. The Hall–Kier alpha value is -1.65. The lowest BCUT2D eigenvalue weighted by molar-refractivity contribution is -0.148. The summed E-state index contributed by atoms with van der Waals surface area (Å²) >= 11 is 0. The van der Waals surface area contributed by atoms with Gasteiger partial charge in [0.1, 0.15) is 0 Å². The van der Waals surface area contributed by atoms with Gasteiger partial charge in [-0.25, -0.2) is 8.78 Å². The summed E-state index contributed by atoms with van der Waals surface area (Å²) in [7, 11) is 0. The number of hydrogen-bond donors (Lipinski definition) is 0. The summed E-state index contributed by atoms with van der Waals surface area (Å²) in [5.41, 5.74) is 0.833. The van der Waals surface area contributed by atoms with Crippen LogP contribution in [0.1, 0.15) is 31.8 Å². The minimum Gasteiger partial charge on any atom is -0.466 e. The molecule has 20 heavy (non-hydrogen) atoms. The van der Waals surface area contributed by atoms with Gasteiger partial charge in [0.2, 0.25) is 0 Å². The van der Waals surface area contributed by atoms with Crippen molar-refractivity contribution < 1.29 is 18.3 Å². The third kappa shape index (κ3) is 3.46. The van der Waals surface area contributed by atoms with Crippen molar-refractivity contribution in [3.8, 4) is 0 Å². The highest BCUT2D eigenvalue weighted by atomic mass is 19.3. The maximum absolute atomic E-state index is 12.7. The Morgan fingerprint density at radius 2 is 2.10 bits per heavy atom. The lowest BCUT2D eigenvalue weighted by Crippen LogP contribution is -2.37. The van der Waals surface area contributed by atoms with Crippen molar-refractivity contribution in [3.63, 3.8) is 0 Å². The smallest absolute Gasteiger partial charge is 0.309 e. The van der Waals surface area contributed by atoms with E-state index >= 15 is 0 Å². The van der Waals surface area contributed by atoms with E-state index in [1.165, 1.54) is 12.1 Å². The number of hydrogen-bond acceptors (Lipinski definition) is 3. The number of rotatable bonds is 4. The van der Waals surface area contributed by atoms with Crippen LogP contribution < -0.4 is 4.90 Å². The van der Waals surface area contributed by atoms with E-state index in [4.69, 9.17) is 4.74 Å². The fraction of sp³-hybridized carbons (Fsp3) is 0.533. The second kappa shape index (κ2) is 6.68. The molecule has 1 saturated heterocycles. The van der Waals surface area contributed by atoms with E-state index in [1.54, 1.807) is 13.0 Å². The van der Waals surface area contributed by atoms with Gasteiger partial charge in [-0.2, -0.15) is 0 Å². The first kappa shape index (κ1) is 14.8. The second-order valence-corrected chi connectivity index (χ2v) is 4.91. The lowest BCUT2D eigenvalue weighted by Gasteiger charge is -2.32. The van der Waals surface area contributed by atoms with Crippen LogP contribution >= 0.6 is 0 Å². The number of benzene rings is 1. The summed E-state index contributed by atoms with van der Waals surface area (Å²) in [5, 5.41) is 0. The van der Waals surface area contributed by atoms with Gasteiger partial charge >= 0.3 is 5.97 Å². The SMILES string of the molecule is CCOC(=O)C1CCN(c2cccc(C(F)F)c2)CC1. The largest absolute Gasteiger partial charge is 0.466 e. The van der Waals surface area contributed by atoms with Gasteiger partial charge < -0.3 is 9.64 Å². The number of nitrogens with zero attached hydrogens (tertiary/aromatic N) is 1. The Kier molecular flexibility index (Phi) is 4.93. The average molecular weight is 283 g/mol. The van der Waals surface area contributed by atoms with Crippen LogP contribution in [0.3, 0.4) is 0 Å². The number of carbonyl (C=O) groups is 1. The molecule has 0 radical (unpaired) electrons. The van der Waals surface area contributed by atoms with Crippen LogP contribution in [-0.4, -0.2) is 25.7 Å². The van der Waals surface area contributed by atoms with Crippen LogP contribution in [0, 0.1) is 5.92 Å². The van der Waals surface area contributed by atoms with Crippen molar-refractivity contribution in [2.45, 2.75) is 26.2 Å². The summed E-state index contributed by atoms with van der Waals surface area (Å²) in [4.78, 5) is 13.7. The molecule has 0 amide bonds. The van der Waals surface area contributed by atoms with Crippen molar-refractivity contribution in [2.75, 3.05) is 24.6 Å². The van der Waals surface area contributed by atoms with E-state index in [0.29, 0.717) is 32.5 Å². The first-order valence-electron chi connectivity index (χ1n) is 6.91. The maximum Gasteiger partial charge on any atom is 0.309 e. The molecule has 110 valence electrons. The van der Waals surface area contributed by atoms with Gasteiger partial charge in [-0.05, 0) is 31.9 Å². The van der Waals surface area contributed by atoms with Crippen LogP contribution in [0.4, 0.5) is 14.5 Å². The van der Waals surface area contributed by atoms with Crippen molar-refractivity contribution in [3.05, 3.63) is 29.8 Å². The van der Waals surface area contributed by atoms with Gasteiger partial charge in [0.05, 0.1) is 12.5 Å². The zero-order chi connectivity index (χ0) is 14.5. The third-order valence-corrected chi connectivity index (χ3v) is 3.60. The number of halogens is 2. The molecule has 0 bridgehead atoms. The highest BCUT2D eigenvalue weighted by Crippen LogP contribution is 2.27. The molecule has 1 aliphatic heterocycles. The maximum atomic E-state index is 12.7. The Balaban J connectivity index is 1.97. The fourth-order valence-electron chi connectivity index (χ4n) is 2.49. The van der Waals surface area contributed by atoms with Gasteiger partial charge in [-0.3, -0.25) is 4.79 Å². The number of piperidine rings is 1. The average Bonchev–Trinajstić information content (AvgIpc) is 2.48. The van der Waals surface area contributed by atoms with Crippen molar-refractivity contribution in [2.24, 2.45) is 5.92 Å². The van der Waals surface area contributed by atoms with E-state index in [0.717, 1.165) is 5.69 Å². The highest BCUT2D eigenvalue weighted by molar-refractivity contribution is 5.72. The van der Waals surface area contributed by atoms with E-state index in [9.17, 15) is 13.6 Å². The topological polar surface area (TPSA) is 29.5 Å². The molecule has 0 N–H and O–H groups in total. The first-order valence-corrected chi connectivity index (χ1v) is 6.91. The van der Waals surface area contributed by atoms with E-state index < -0.39 is 6.43 Å². The molecule has 0 saturated carbocycles. The van der Waals surface area contributed by atoms with Gasteiger partial charge in [-0.15, -0.1) is 0 Å². The molecule has 0 aromatic heterocycles. The Morgan fingerprint density at radius 3 is 2.70 bits per heavy atom. The van der Waals surface area contributed by atoms with Gasteiger partial charge in [0.15, 0.2) is 0 Å². The Bertz CT molecular complexity index is 457. The summed E-state index contributed by atoms with van der Waals surface area (Å²) < 4.78 is 30.4. The first-order chi connectivity index (χ1) is 9.61. The van der Waals surface area contributed by atoms with Crippen LogP contribution in [0.5, 0.6) is 0 Å². The molecule has 0 unspecified atom stereocenters. The number of alkyl halides is 2. The highest BCUT2D eigenvalue weighted by Gasteiger charge is 2.26. The predicted octanol–water partition coefficient (Wildman–Crippen LogP) is 3.40. The minimum absolute atomic E-state index is 0.0371. The van der Waals surface area contributed by atoms with Crippen LogP contribution in [0.15, 0.2) is 24.3 Å². The molecule has 0 spiro atoms. The fourth-order valence-corrected chi connectivity index (χ4v) is 2.49. The second-order valence-electron chi connectivity index (χ2n) is 4.91. The van der Waals surface area contributed by atoms with E-state index in [1.807, 2.05) is 11.0 Å². The molecule has 3 nitrogen and oxygen atoms in total. The van der Waals surface area contributed by atoms with Crippen LogP contribution in [0.2, 0.25) is 0 Å². The molecule has 1 aromatic carbocycles. The van der Waals surface area contributed by atoms with Gasteiger partial charge in [0.25, 0.3) is 6.43 Å². The molecular formula is C15H19F2NO2. The van der Waals surface area contributed by atoms with Crippen molar-refractivity contribution >= 4 is 11.7 Å². The summed E-state index contributed by atoms with van der Waals surface area (Å²) in [6.45, 7) is 3.57. The number of ether oxygens (including phenoxy) is 1. The zero-order valence-electron chi connectivity index (χ0n) is 11.5. The molecule has 0 atom stereocenters. The number of carbonyl (C=O) groups excluding carboxylic acids is 1. The molecule has 0 aliphatic carbocycles. The summed E-state index contributed by atoms with van der Waals surface area (Å²) in [5.74, 6) is -0.210. The molecule has 1 aromatic rings. The predicted molar refractivity (Wildman–Crippen MR) is 73.0 cm³/mol. The molecule has 2 rings (SSSR count). The number of esters is 1. The molecular weight excluding hydrogens is 264 g/mol. The van der Waals surface area contributed by atoms with Gasteiger partial charge in [-0.1, -0.05) is 12.1 Å². The third-order valence-electron chi connectivity index (χ3n) is 3.60. The van der Waals surface area contributed by atoms with Crippen molar-refractivity contribution in [1.29, 1.82) is 0 Å². The molecule has 1 aliphatic rings. The zero-order valence-corrected chi connectivity index (χ0v) is 11.5. The molecule has 1 heterocycles. The van der Waals surface area contributed by atoms with E-state index in [-0.39, 0.29) is 17.5 Å².